The van der Waals surface area contributed by atoms with Crippen LogP contribution >= 0.6 is 0 Å². The number of carbonyl (C=O) groups is 2. The van der Waals surface area contributed by atoms with Gasteiger partial charge in [0.05, 0.1) is 19.3 Å². The van der Waals surface area contributed by atoms with E-state index >= 15 is 0 Å². The van der Waals surface area contributed by atoms with E-state index in [1.807, 2.05) is 17.0 Å². The van der Waals surface area contributed by atoms with Crippen LogP contribution in [0, 0.1) is 0 Å². The lowest BCUT2D eigenvalue weighted by Crippen LogP contribution is -2.45. The van der Waals surface area contributed by atoms with Gasteiger partial charge in [-0.2, -0.15) is 0 Å². The molecule has 0 N–H and O–H groups in total. The lowest BCUT2D eigenvalue weighted by atomic mass is 9.98. The molecule has 0 saturated carbocycles. The SMILES string of the molecule is CCOC(=O)CC1CCCCN1C(=O)CCc1ccco1. The van der Waals surface area contributed by atoms with Gasteiger partial charge in [-0.3, -0.25) is 9.59 Å². The molecular formula is C16H23NO4. The molecule has 5 heteroatoms. The van der Waals surface area contributed by atoms with Crippen molar-refractivity contribution >= 4 is 11.9 Å². The van der Waals surface area contributed by atoms with Crippen molar-refractivity contribution in [2.75, 3.05) is 13.2 Å². The van der Waals surface area contributed by atoms with Crippen molar-refractivity contribution in [3.05, 3.63) is 24.2 Å². The summed E-state index contributed by atoms with van der Waals surface area (Å²) in [6, 6.07) is 3.69. The van der Waals surface area contributed by atoms with E-state index in [0.717, 1.165) is 31.6 Å². The predicted octanol–water partition coefficient (Wildman–Crippen LogP) is 2.55. The Morgan fingerprint density at radius 2 is 2.29 bits per heavy atom. The number of piperidine rings is 1. The van der Waals surface area contributed by atoms with Gasteiger partial charge in [0.2, 0.25) is 5.91 Å². The third-order valence-electron chi connectivity index (χ3n) is 3.82. The molecule has 1 unspecified atom stereocenters. The molecule has 0 aliphatic carbocycles. The van der Waals surface area contributed by atoms with Gasteiger partial charge in [0, 0.05) is 25.4 Å². The number of amides is 1. The van der Waals surface area contributed by atoms with Crippen LogP contribution in [0.1, 0.15) is 44.8 Å². The molecular weight excluding hydrogens is 270 g/mol. The summed E-state index contributed by atoms with van der Waals surface area (Å²) in [6.45, 7) is 2.92. The van der Waals surface area contributed by atoms with E-state index in [-0.39, 0.29) is 17.9 Å². The van der Waals surface area contributed by atoms with Crippen LogP contribution in [-0.4, -0.2) is 36.0 Å². The van der Waals surface area contributed by atoms with Crippen LogP contribution in [0.15, 0.2) is 22.8 Å². The van der Waals surface area contributed by atoms with Gasteiger partial charge in [-0.15, -0.1) is 0 Å². The van der Waals surface area contributed by atoms with Crippen molar-refractivity contribution < 1.29 is 18.7 Å². The average Bonchev–Trinajstić information content (AvgIpc) is 2.99. The number of hydrogen-bond acceptors (Lipinski definition) is 4. The molecule has 0 bridgehead atoms. The minimum atomic E-state index is -0.215. The molecule has 0 radical (unpaired) electrons. The summed E-state index contributed by atoms with van der Waals surface area (Å²) >= 11 is 0. The Kier molecular flexibility index (Phi) is 5.84. The zero-order chi connectivity index (χ0) is 15.1. The second-order valence-electron chi connectivity index (χ2n) is 5.33. The number of likely N-dealkylation sites (tertiary alicyclic amines) is 1. The zero-order valence-corrected chi connectivity index (χ0v) is 12.5. The summed E-state index contributed by atoms with van der Waals surface area (Å²) in [5.41, 5.74) is 0. The second-order valence-corrected chi connectivity index (χ2v) is 5.33. The van der Waals surface area contributed by atoms with Crippen LogP contribution in [0.5, 0.6) is 0 Å². The number of rotatable bonds is 6. The summed E-state index contributed by atoms with van der Waals surface area (Å²) < 4.78 is 10.2. The highest BCUT2D eigenvalue weighted by atomic mass is 16.5. The topological polar surface area (TPSA) is 59.8 Å². The maximum absolute atomic E-state index is 12.4. The van der Waals surface area contributed by atoms with E-state index in [2.05, 4.69) is 0 Å². The minimum Gasteiger partial charge on any atom is -0.469 e. The van der Waals surface area contributed by atoms with Gasteiger partial charge in [0.15, 0.2) is 0 Å². The molecule has 1 amide bonds. The van der Waals surface area contributed by atoms with Gasteiger partial charge < -0.3 is 14.1 Å². The van der Waals surface area contributed by atoms with Gasteiger partial charge >= 0.3 is 5.97 Å². The fourth-order valence-corrected chi connectivity index (χ4v) is 2.78. The van der Waals surface area contributed by atoms with E-state index in [9.17, 15) is 9.59 Å². The summed E-state index contributed by atoms with van der Waals surface area (Å²) in [5.74, 6) is 0.705. The third kappa shape index (κ3) is 4.62. The van der Waals surface area contributed by atoms with E-state index in [1.54, 1.807) is 13.2 Å². The number of hydrogen-bond donors (Lipinski definition) is 0. The Morgan fingerprint density at radius 3 is 3.00 bits per heavy atom. The minimum absolute atomic E-state index is 0.0121. The number of nitrogens with zero attached hydrogens (tertiary/aromatic N) is 1. The van der Waals surface area contributed by atoms with Crippen molar-refractivity contribution in [3.8, 4) is 0 Å². The molecule has 5 nitrogen and oxygen atoms in total. The quantitative estimate of drug-likeness (QED) is 0.756. The van der Waals surface area contributed by atoms with E-state index in [4.69, 9.17) is 9.15 Å². The first-order valence-corrected chi connectivity index (χ1v) is 7.68. The molecule has 21 heavy (non-hydrogen) atoms. The second kappa shape index (κ2) is 7.86. The van der Waals surface area contributed by atoms with E-state index < -0.39 is 0 Å². The van der Waals surface area contributed by atoms with Crippen molar-refractivity contribution in [1.82, 2.24) is 4.90 Å². The van der Waals surface area contributed by atoms with Crippen molar-refractivity contribution in [1.29, 1.82) is 0 Å². The first-order chi connectivity index (χ1) is 10.2. The van der Waals surface area contributed by atoms with Gasteiger partial charge in [-0.25, -0.2) is 0 Å². The number of ether oxygens (including phenoxy) is 1. The Balaban J connectivity index is 1.87. The highest BCUT2D eigenvalue weighted by Gasteiger charge is 2.28. The summed E-state index contributed by atoms with van der Waals surface area (Å²) in [7, 11) is 0. The molecule has 116 valence electrons. The van der Waals surface area contributed by atoms with Crippen molar-refractivity contribution in [2.45, 2.75) is 51.5 Å². The monoisotopic (exact) mass is 293 g/mol. The molecule has 2 rings (SSSR count). The molecule has 1 atom stereocenters. The van der Waals surface area contributed by atoms with E-state index in [0.29, 0.717) is 25.9 Å². The Labute approximate surface area is 125 Å². The number of esters is 1. The number of furan rings is 1. The predicted molar refractivity (Wildman–Crippen MR) is 77.6 cm³/mol. The molecule has 0 aromatic carbocycles. The van der Waals surface area contributed by atoms with Crippen LogP contribution in [0.4, 0.5) is 0 Å². The fraction of sp³-hybridized carbons (Fsp3) is 0.625. The Morgan fingerprint density at radius 1 is 1.43 bits per heavy atom. The van der Waals surface area contributed by atoms with Crippen LogP contribution in [0.2, 0.25) is 0 Å². The lowest BCUT2D eigenvalue weighted by Gasteiger charge is -2.35. The first kappa shape index (κ1) is 15.6. The standard InChI is InChI=1S/C16H23NO4/c1-2-20-16(19)12-13-6-3-4-10-17(13)15(18)9-8-14-7-5-11-21-14/h5,7,11,13H,2-4,6,8-10,12H2,1H3. The van der Waals surface area contributed by atoms with Crippen LogP contribution in [0.3, 0.4) is 0 Å². The third-order valence-corrected chi connectivity index (χ3v) is 3.82. The van der Waals surface area contributed by atoms with Crippen molar-refractivity contribution in [3.63, 3.8) is 0 Å². The molecule has 1 saturated heterocycles. The lowest BCUT2D eigenvalue weighted by molar-refractivity contribution is -0.146. The maximum atomic E-state index is 12.4. The largest absolute Gasteiger partial charge is 0.469 e. The molecule has 1 aromatic rings. The van der Waals surface area contributed by atoms with Crippen LogP contribution in [-0.2, 0) is 20.7 Å². The molecule has 1 fully saturated rings. The average molecular weight is 293 g/mol. The summed E-state index contributed by atoms with van der Waals surface area (Å²) in [6.07, 6.45) is 5.90. The normalized spacial score (nSPS) is 18.5. The fourth-order valence-electron chi connectivity index (χ4n) is 2.78. The Hall–Kier alpha value is -1.78. The zero-order valence-electron chi connectivity index (χ0n) is 12.5. The molecule has 1 aliphatic rings. The number of carbonyl (C=O) groups excluding carboxylic acids is 2. The molecule has 1 aromatic heterocycles. The van der Waals surface area contributed by atoms with Gasteiger partial charge in [0.1, 0.15) is 5.76 Å². The summed E-state index contributed by atoms with van der Waals surface area (Å²) in [4.78, 5) is 25.9. The van der Waals surface area contributed by atoms with Crippen LogP contribution < -0.4 is 0 Å². The number of aryl methyl sites for hydroxylation is 1. The van der Waals surface area contributed by atoms with Gasteiger partial charge in [-0.1, -0.05) is 0 Å². The molecule has 0 spiro atoms. The first-order valence-electron chi connectivity index (χ1n) is 7.68. The summed E-state index contributed by atoms with van der Waals surface area (Å²) in [5, 5.41) is 0. The highest BCUT2D eigenvalue weighted by Crippen LogP contribution is 2.21. The maximum Gasteiger partial charge on any atom is 0.307 e. The van der Waals surface area contributed by atoms with E-state index in [1.165, 1.54) is 0 Å². The molecule has 2 heterocycles. The van der Waals surface area contributed by atoms with Gasteiger partial charge in [0.25, 0.3) is 0 Å². The van der Waals surface area contributed by atoms with Crippen LogP contribution in [0.25, 0.3) is 0 Å². The smallest absolute Gasteiger partial charge is 0.307 e. The Bertz CT molecular complexity index is 455. The molecule has 1 aliphatic heterocycles. The van der Waals surface area contributed by atoms with Gasteiger partial charge in [-0.05, 0) is 38.3 Å². The highest BCUT2D eigenvalue weighted by molar-refractivity contribution is 5.78. The van der Waals surface area contributed by atoms with Crippen molar-refractivity contribution in [2.24, 2.45) is 0 Å².